The van der Waals surface area contributed by atoms with E-state index in [0.29, 0.717) is 47.5 Å². The number of fused-ring (bicyclic) bond motifs is 5. The molecule has 1 saturated heterocycles. The molecule has 0 aromatic heterocycles. The predicted octanol–water partition coefficient (Wildman–Crippen LogP) is 3.36. The molecule has 0 aromatic rings. The Morgan fingerprint density at radius 1 is 1.17 bits per heavy atom. The van der Waals surface area contributed by atoms with E-state index in [1.165, 1.54) is 6.42 Å². The molecule has 0 radical (unpaired) electrons. The van der Waals surface area contributed by atoms with Gasteiger partial charge in [-0.2, -0.15) is 0 Å². The minimum Gasteiger partial charge on any atom is -0.465 e. The molecule has 0 N–H and O–H groups in total. The molecule has 2 heteroatoms. The van der Waals surface area contributed by atoms with Crippen LogP contribution in [-0.2, 0) is 9.53 Å². The average Bonchev–Trinajstić information content (AvgIpc) is 2.88. The number of carbonyl (C=O) groups is 1. The van der Waals surface area contributed by atoms with E-state index < -0.39 is 0 Å². The Labute approximate surface area is 110 Å². The first-order valence-electron chi connectivity index (χ1n) is 7.59. The lowest BCUT2D eigenvalue weighted by molar-refractivity contribution is -0.144. The maximum atomic E-state index is 11.9. The van der Waals surface area contributed by atoms with Crippen molar-refractivity contribution in [1.82, 2.24) is 0 Å². The molecule has 0 amide bonds. The van der Waals surface area contributed by atoms with Gasteiger partial charge in [-0.05, 0) is 41.4 Å². The van der Waals surface area contributed by atoms with Crippen LogP contribution in [0.25, 0.3) is 0 Å². The fourth-order valence-electron chi connectivity index (χ4n) is 6.40. The SMILES string of the molecule is CC(C)C1(C(C)C)C(C)C2CC1C1COC(=O)C21. The molecule has 1 aliphatic heterocycles. The summed E-state index contributed by atoms with van der Waals surface area (Å²) >= 11 is 0. The number of ether oxygens (including phenoxy) is 1. The lowest BCUT2D eigenvalue weighted by Crippen LogP contribution is -2.49. The van der Waals surface area contributed by atoms with Crippen LogP contribution in [0.4, 0.5) is 0 Å². The summed E-state index contributed by atoms with van der Waals surface area (Å²) in [5.74, 6) is 4.18. The summed E-state index contributed by atoms with van der Waals surface area (Å²) in [6, 6.07) is 0. The molecule has 2 saturated carbocycles. The Hall–Kier alpha value is -0.530. The second-order valence-electron chi connectivity index (χ2n) is 7.42. The summed E-state index contributed by atoms with van der Waals surface area (Å²) < 4.78 is 5.36. The molecule has 5 unspecified atom stereocenters. The van der Waals surface area contributed by atoms with Crippen molar-refractivity contribution in [2.75, 3.05) is 6.61 Å². The van der Waals surface area contributed by atoms with Crippen molar-refractivity contribution in [2.45, 2.75) is 41.0 Å². The van der Waals surface area contributed by atoms with E-state index in [4.69, 9.17) is 4.74 Å². The molecule has 18 heavy (non-hydrogen) atoms. The summed E-state index contributed by atoms with van der Waals surface area (Å²) in [5, 5.41) is 0. The van der Waals surface area contributed by atoms with Gasteiger partial charge in [0.1, 0.15) is 0 Å². The Bertz CT molecular complexity index is 363. The van der Waals surface area contributed by atoms with E-state index in [2.05, 4.69) is 34.6 Å². The van der Waals surface area contributed by atoms with E-state index in [1.807, 2.05) is 0 Å². The first kappa shape index (κ1) is 12.5. The van der Waals surface area contributed by atoms with Crippen LogP contribution in [0.3, 0.4) is 0 Å². The predicted molar refractivity (Wildman–Crippen MR) is 70.8 cm³/mol. The maximum absolute atomic E-state index is 11.9. The molecule has 0 aromatic carbocycles. The zero-order chi connectivity index (χ0) is 13.2. The third-order valence-electron chi connectivity index (χ3n) is 6.73. The monoisotopic (exact) mass is 250 g/mol. The third-order valence-corrected chi connectivity index (χ3v) is 6.73. The standard InChI is InChI=1S/C16H26O2/c1-8(2)16(9(3)4)10(5)11-6-13(16)12-7-18-15(17)14(11)12/h8-14H,6-7H2,1-5H3. The summed E-state index contributed by atoms with van der Waals surface area (Å²) in [7, 11) is 0. The third kappa shape index (κ3) is 1.18. The van der Waals surface area contributed by atoms with Crippen LogP contribution in [0.5, 0.6) is 0 Å². The van der Waals surface area contributed by atoms with Crippen molar-refractivity contribution < 1.29 is 9.53 Å². The van der Waals surface area contributed by atoms with Crippen LogP contribution in [0.15, 0.2) is 0 Å². The van der Waals surface area contributed by atoms with Gasteiger partial charge in [-0.1, -0.05) is 34.6 Å². The molecule has 2 bridgehead atoms. The van der Waals surface area contributed by atoms with Crippen LogP contribution >= 0.6 is 0 Å². The highest BCUT2D eigenvalue weighted by molar-refractivity contribution is 5.76. The second-order valence-corrected chi connectivity index (χ2v) is 7.42. The van der Waals surface area contributed by atoms with Gasteiger partial charge >= 0.3 is 5.97 Å². The molecule has 102 valence electrons. The first-order chi connectivity index (χ1) is 8.42. The molecule has 2 aliphatic carbocycles. The van der Waals surface area contributed by atoms with E-state index in [0.717, 1.165) is 0 Å². The number of carbonyl (C=O) groups excluding carboxylic acids is 1. The fraction of sp³-hybridized carbons (Fsp3) is 0.938. The summed E-state index contributed by atoms with van der Waals surface area (Å²) in [4.78, 5) is 11.9. The van der Waals surface area contributed by atoms with Gasteiger partial charge < -0.3 is 4.74 Å². The first-order valence-corrected chi connectivity index (χ1v) is 7.59. The maximum Gasteiger partial charge on any atom is 0.309 e. The normalized spacial score (nSPS) is 44.8. The molecular formula is C16H26O2. The molecule has 5 atom stereocenters. The number of esters is 1. The Morgan fingerprint density at radius 3 is 2.33 bits per heavy atom. The van der Waals surface area contributed by atoms with Crippen LogP contribution in [0.2, 0.25) is 0 Å². The van der Waals surface area contributed by atoms with Crippen molar-refractivity contribution in [1.29, 1.82) is 0 Å². The van der Waals surface area contributed by atoms with Gasteiger partial charge in [-0.15, -0.1) is 0 Å². The van der Waals surface area contributed by atoms with Crippen molar-refractivity contribution in [3.63, 3.8) is 0 Å². The molecule has 3 fully saturated rings. The lowest BCUT2D eigenvalue weighted by Gasteiger charge is -2.52. The van der Waals surface area contributed by atoms with Crippen molar-refractivity contribution in [3.05, 3.63) is 0 Å². The number of rotatable bonds is 2. The molecule has 1 heterocycles. The minimum absolute atomic E-state index is 0.0977. The van der Waals surface area contributed by atoms with Gasteiger partial charge in [-0.3, -0.25) is 4.79 Å². The zero-order valence-corrected chi connectivity index (χ0v) is 12.3. The van der Waals surface area contributed by atoms with Crippen LogP contribution in [0.1, 0.15) is 41.0 Å². The van der Waals surface area contributed by atoms with Gasteiger partial charge in [0.05, 0.1) is 12.5 Å². The van der Waals surface area contributed by atoms with Gasteiger partial charge in [0.25, 0.3) is 0 Å². The number of hydrogen-bond donors (Lipinski definition) is 0. The van der Waals surface area contributed by atoms with E-state index >= 15 is 0 Å². The average molecular weight is 250 g/mol. The smallest absolute Gasteiger partial charge is 0.309 e. The topological polar surface area (TPSA) is 26.3 Å². The van der Waals surface area contributed by atoms with Gasteiger partial charge in [-0.25, -0.2) is 0 Å². The van der Waals surface area contributed by atoms with Crippen molar-refractivity contribution in [3.8, 4) is 0 Å². The quantitative estimate of drug-likeness (QED) is 0.702. The fourth-order valence-corrected chi connectivity index (χ4v) is 6.40. The molecule has 3 aliphatic rings. The van der Waals surface area contributed by atoms with Gasteiger partial charge in [0.15, 0.2) is 0 Å². The van der Waals surface area contributed by atoms with Crippen LogP contribution in [-0.4, -0.2) is 12.6 Å². The van der Waals surface area contributed by atoms with E-state index in [1.54, 1.807) is 0 Å². The molecule has 3 rings (SSSR count). The second kappa shape index (κ2) is 3.74. The van der Waals surface area contributed by atoms with Crippen molar-refractivity contribution in [2.24, 2.45) is 46.8 Å². The van der Waals surface area contributed by atoms with E-state index in [9.17, 15) is 4.79 Å². The van der Waals surface area contributed by atoms with E-state index in [-0.39, 0.29) is 11.9 Å². The Kier molecular flexibility index (Phi) is 2.60. The lowest BCUT2D eigenvalue weighted by atomic mass is 9.51. The molecule has 0 spiro atoms. The number of hydrogen-bond acceptors (Lipinski definition) is 2. The Balaban J connectivity index is 2.03. The highest BCUT2D eigenvalue weighted by atomic mass is 16.5. The largest absolute Gasteiger partial charge is 0.465 e. The molecule has 2 nitrogen and oxygen atoms in total. The van der Waals surface area contributed by atoms with Crippen molar-refractivity contribution >= 4 is 5.97 Å². The highest BCUT2D eigenvalue weighted by Crippen LogP contribution is 2.70. The summed E-state index contributed by atoms with van der Waals surface area (Å²) in [6.45, 7) is 12.6. The molecular weight excluding hydrogens is 224 g/mol. The van der Waals surface area contributed by atoms with Gasteiger partial charge in [0.2, 0.25) is 0 Å². The highest BCUT2D eigenvalue weighted by Gasteiger charge is 2.69. The Morgan fingerprint density at radius 2 is 1.78 bits per heavy atom. The van der Waals surface area contributed by atoms with Gasteiger partial charge in [0, 0.05) is 5.92 Å². The van der Waals surface area contributed by atoms with Crippen LogP contribution < -0.4 is 0 Å². The van der Waals surface area contributed by atoms with Crippen LogP contribution in [0, 0.1) is 46.8 Å². The summed E-state index contributed by atoms with van der Waals surface area (Å²) in [5.41, 5.74) is 0.416. The summed E-state index contributed by atoms with van der Waals surface area (Å²) in [6.07, 6.45) is 1.27. The minimum atomic E-state index is 0.0977. The number of cyclic esters (lactones) is 1. The zero-order valence-electron chi connectivity index (χ0n) is 12.3.